The van der Waals surface area contributed by atoms with Crippen molar-refractivity contribution in [1.82, 2.24) is 14.5 Å². The Morgan fingerprint density at radius 1 is 1.02 bits per heavy atom. The standard InChI is InChI=1S/C34H36F3N3O3Si/c1-6-43-21-20-39(31(41)23-26-11-15-27(16-12-26)34(35,36)37)24(2)32-38-30-10-8-7-9-29(30)33(42)40(32)28-17-13-25(14-18-28)19-22-44(3,4)5/h7-18,24H,6,20-21,23H2,1-5H3/t24-/m1/s1. The van der Waals surface area contributed by atoms with Crippen LogP contribution in [0.1, 0.15) is 42.4 Å². The average Bonchev–Trinajstić information content (AvgIpc) is 2.98. The molecule has 1 amide bonds. The molecule has 1 heterocycles. The predicted octanol–water partition coefficient (Wildman–Crippen LogP) is 6.80. The van der Waals surface area contributed by atoms with Crippen LogP contribution in [0.3, 0.4) is 0 Å². The van der Waals surface area contributed by atoms with Crippen LogP contribution in [0.15, 0.2) is 77.6 Å². The maximum atomic E-state index is 13.9. The number of hydrogen-bond donors (Lipinski definition) is 0. The van der Waals surface area contributed by atoms with E-state index in [0.29, 0.717) is 34.6 Å². The van der Waals surface area contributed by atoms with E-state index in [-0.39, 0.29) is 31.0 Å². The molecule has 0 fully saturated rings. The lowest BCUT2D eigenvalue weighted by molar-refractivity contribution is -0.137. The second kappa shape index (κ2) is 13.6. The van der Waals surface area contributed by atoms with E-state index in [4.69, 9.17) is 9.72 Å². The first-order chi connectivity index (χ1) is 20.8. The molecule has 4 rings (SSSR count). The van der Waals surface area contributed by atoms with Crippen molar-refractivity contribution in [2.75, 3.05) is 19.8 Å². The number of para-hydroxylation sites is 1. The van der Waals surface area contributed by atoms with Gasteiger partial charge in [-0.25, -0.2) is 4.98 Å². The number of nitrogens with zero attached hydrogens (tertiary/aromatic N) is 3. The first kappa shape index (κ1) is 32.7. The highest BCUT2D eigenvalue weighted by Crippen LogP contribution is 2.29. The van der Waals surface area contributed by atoms with E-state index in [1.807, 2.05) is 31.2 Å². The van der Waals surface area contributed by atoms with Crippen LogP contribution in [0, 0.1) is 11.5 Å². The van der Waals surface area contributed by atoms with Crippen LogP contribution in [0.25, 0.3) is 16.6 Å². The third-order valence-corrected chi connectivity index (χ3v) is 7.86. The molecule has 0 aliphatic carbocycles. The molecule has 1 atom stereocenters. The Hall–Kier alpha value is -4.20. The molecule has 0 bridgehead atoms. The quantitative estimate of drug-likeness (QED) is 0.117. The van der Waals surface area contributed by atoms with Crippen molar-refractivity contribution in [3.8, 4) is 17.2 Å². The van der Waals surface area contributed by atoms with Crippen LogP contribution < -0.4 is 5.56 Å². The molecule has 10 heteroatoms. The Labute approximate surface area is 256 Å². The lowest BCUT2D eigenvalue weighted by Crippen LogP contribution is -2.40. The minimum Gasteiger partial charge on any atom is -0.380 e. The van der Waals surface area contributed by atoms with E-state index in [1.54, 1.807) is 36.1 Å². The van der Waals surface area contributed by atoms with E-state index in [1.165, 1.54) is 16.7 Å². The molecular formula is C34H36F3N3O3Si. The van der Waals surface area contributed by atoms with Gasteiger partial charge in [0.2, 0.25) is 5.91 Å². The van der Waals surface area contributed by atoms with E-state index < -0.39 is 25.9 Å². The summed E-state index contributed by atoms with van der Waals surface area (Å²) in [6, 6.07) is 18.3. The van der Waals surface area contributed by atoms with Crippen LogP contribution in [0.4, 0.5) is 13.2 Å². The summed E-state index contributed by atoms with van der Waals surface area (Å²) in [6.45, 7) is 11.0. The zero-order valence-electron chi connectivity index (χ0n) is 25.5. The zero-order chi connectivity index (χ0) is 32.1. The van der Waals surface area contributed by atoms with Crippen molar-refractivity contribution >= 4 is 24.9 Å². The third kappa shape index (κ3) is 8.04. The lowest BCUT2D eigenvalue weighted by atomic mass is 10.1. The Bertz CT molecular complexity index is 1730. The number of benzene rings is 3. The molecule has 230 valence electrons. The molecule has 0 saturated heterocycles. The summed E-state index contributed by atoms with van der Waals surface area (Å²) in [5.74, 6) is 3.24. The number of halogens is 3. The van der Waals surface area contributed by atoms with Gasteiger partial charge in [0.1, 0.15) is 13.9 Å². The van der Waals surface area contributed by atoms with E-state index in [2.05, 4.69) is 31.1 Å². The van der Waals surface area contributed by atoms with Gasteiger partial charge in [-0.1, -0.05) is 49.8 Å². The molecule has 0 spiro atoms. The number of aromatic nitrogens is 2. The molecule has 1 aromatic heterocycles. The van der Waals surface area contributed by atoms with Gasteiger partial charge in [-0.15, -0.1) is 5.54 Å². The van der Waals surface area contributed by atoms with Crippen molar-refractivity contribution in [3.63, 3.8) is 0 Å². The molecule has 0 unspecified atom stereocenters. The molecule has 0 radical (unpaired) electrons. The number of alkyl halides is 3. The van der Waals surface area contributed by atoms with Gasteiger partial charge in [0.15, 0.2) is 0 Å². The molecule has 0 saturated carbocycles. The molecule has 0 aliphatic rings. The van der Waals surface area contributed by atoms with Crippen molar-refractivity contribution in [2.24, 2.45) is 0 Å². The van der Waals surface area contributed by atoms with Crippen LogP contribution in [0.5, 0.6) is 0 Å². The molecule has 0 aliphatic heterocycles. The van der Waals surface area contributed by atoms with Crippen molar-refractivity contribution < 1.29 is 22.7 Å². The smallest absolute Gasteiger partial charge is 0.380 e. The van der Waals surface area contributed by atoms with E-state index in [0.717, 1.165) is 17.7 Å². The van der Waals surface area contributed by atoms with Gasteiger partial charge in [-0.05, 0) is 67.9 Å². The fourth-order valence-electron chi connectivity index (χ4n) is 4.70. The van der Waals surface area contributed by atoms with E-state index in [9.17, 15) is 22.8 Å². The summed E-state index contributed by atoms with van der Waals surface area (Å²) in [7, 11) is -1.58. The Morgan fingerprint density at radius 3 is 2.30 bits per heavy atom. The minimum absolute atomic E-state index is 0.128. The van der Waals surface area contributed by atoms with Gasteiger partial charge in [0, 0.05) is 18.7 Å². The van der Waals surface area contributed by atoms with Crippen molar-refractivity contribution in [2.45, 2.75) is 52.1 Å². The molecule has 44 heavy (non-hydrogen) atoms. The fraction of sp³-hybridized carbons (Fsp3) is 0.324. The monoisotopic (exact) mass is 619 g/mol. The summed E-state index contributed by atoms with van der Waals surface area (Å²) in [5, 5.41) is 0.433. The molecule has 4 aromatic rings. The zero-order valence-corrected chi connectivity index (χ0v) is 26.5. The van der Waals surface area contributed by atoms with Gasteiger partial charge < -0.3 is 9.64 Å². The third-order valence-electron chi connectivity index (χ3n) is 6.99. The molecule has 3 aromatic carbocycles. The highest BCUT2D eigenvalue weighted by molar-refractivity contribution is 6.83. The van der Waals surface area contributed by atoms with Crippen LogP contribution in [0.2, 0.25) is 19.6 Å². The molecular weight excluding hydrogens is 583 g/mol. The summed E-state index contributed by atoms with van der Waals surface area (Å²) in [5.41, 5.74) is 4.62. The highest BCUT2D eigenvalue weighted by Gasteiger charge is 2.31. The van der Waals surface area contributed by atoms with Gasteiger partial charge in [0.05, 0.1) is 41.2 Å². The van der Waals surface area contributed by atoms with Crippen LogP contribution in [-0.2, 0) is 22.1 Å². The first-order valence-corrected chi connectivity index (χ1v) is 18.0. The number of hydrogen-bond acceptors (Lipinski definition) is 4. The predicted molar refractivity (Wildman–Crippen MR) is 169 cm³/mol. The van der Waals surface area contributed by atoms with Crippen LogP contribution in [-0.4, -0.2) is 48.2 Å². The maximum Gasteiger partial charge on any atom is 0.416 e. The number of amides is 1. The Morgan fingerprint density at radius 2 is 1.68 bits per heavy atom. The summed E-state index contributed by atoms with van der Waals surface area (Å²) in [4.78, 5) is 34.1. The highest BCUT2D eigenvalue weighted by atomic mass is 28.3. The second-order valence-corrected chi connectivity index (χ2v) is 16.3. The summed E-state index contributed by atoms with van der Waals surface area (Å²) < 4.78 is 46.3. The fourth-order valence-corrected chi connectivity index (χ4v) is 5.22. The van der Waals surface area contributed by atoms with E-state index >= 15 is 0 Å². The van der Waals surface area contributed by atoms with Gasteiger partial charge in [-0.3, -0.25) is 14.2 Å². The number of rotatable bonds is 9. The van der Waals surface area contributed by atoms with Gasteiger partial charge >= 0.3 is 6.18 Å². The lowest BCUT2D eigenvalue weighted by Gasteiger charge is -2.30. The number of fused-ring (bicyclic) bond motifs is 1. The van der Waals surface area contributed by atoms with Gasteiger partial charge in [-0.2, -0.15) is 13.2 Å². The van der Waals surface area contributed by atoms with Crippen LogP contribution >= 0.6 is 0 Å². The Kier molecular flexibility index (Phi) is 10.1. The van der Waals surface area contributed by atoms with Crippen molar-refractivity contribution in [1.29, 1.82) is 0 Å². The normalized spacial score (nSPS) is 12.5. The largest absolute Gasteiger partial charge is 0.416 e. The Balaban J connectivity index is 1.76. The second-order valence-electron chi connectivity index (χ2n) is 11.5. The number of carbonyl (C=O) groups excluding carboxylic acids is 1. The number of ether oxygens (including phenoxy) is 1. The summed E-state index contributed by atoms with van der Waals surface area (Å²) >= 11 is 0. The average molecular weight is 620 g/mol. The van der Waals surface area contributed by atoms with Crippen molar-refractivity contribution in [3.05, 3.63) is 106 Å². The SMILES string of the molecule is CCOCCN(C(=O)Cc1ccc(C(F)(F)F)cc1)[C@H](C)c1nc2ccccc2c(=O)n1-c1ccc(C#C[Si](C)(C)C)cc1. The van der Waals surface area contributed by atoms with Gasteiger partial charge in [0.25, 0.3) is 5.56 Å². The number of carbonyl (C=O) groups is 1. The maximum absolute atomic E-state index is 13.9. The first-order valence-electron chi connectivity index (χ1n) is 14.5. The molecule has 6 nitrogen and oxygen atoms in total. The minimum atomic E-state index is -4.47. The topological polar surface area (TPSA) is 64.4 Å². The summed E-state index contributed by atoms with van der Waals surface area (Å²) in [6.07, 6.45) is -4.60. The molecule has 0 N–H and O–H groups in total.